The van der Waals surface area contributed by atoms with E-state index in [0.29, 0.717) is 11.8 Å². The molecule has 8 nitrogen and oxygen atoms in total. The van der Waals surface area contributed by atoms with E-state index in [-0.39, 0.29) is 5.95 Å². The Morgan fingerprint density at radius 2 is 2.12 bits per heavy atom. The Balaban J connectivity index is 1.74. The molecule has 4 aromatic heterocycles. The summed E-state index contributed by atoms with van der Waals surface area (Å²) in [6.45, 7) is 2.01. The van der Waals surface area contributed by atoms with Crippen LogP contribution in [0.2, 0.25) is 0 Å². The van der Waals surface area contributed by atoms with Crippen molar-refractivity contribution in [3.05, 3.63) is 40.2 Å². The maximum Gasteiger partial charge on any atom is 0.248 e. The summed E-state index contributed by atoms with van der Waals surface area (Å²) in [5.41, 5.74) is 8.77. The van der Waals surface area contributed by atoms with Crippen molar-refractivity contribution in [3.8, 4) is 5.82 Å². The molecular weight excluding hydrogens is 392 g/mol. The maximum atomic E-state index is 6.02. The van der Waals surface area contributed by atoms with Gasteiger partial charge >= 0.3 is 0 Å². The van der Waals surface area contributed by atoms with Crippen LogP contribution in [0.3, 0.4) is 0 Å². The van der Waals surface area contributed by atoms with Crippen molar-refractivity contribution in [1.82, 2.24) is 29.7 Å². The number of nitrogens with one attached hydrogen (secondary N) is 1. The molecule has 0 spiro atoms. The second-order valence-electron chi connectivity index (χ2n) is 4.99. The van der Waals surface area contributed by atoms with Crippen molar-refractivity contribution in [2.75, 3.05) is 11.1 Å². The number of fused-ring (bicyclic) bond motifs is 1. The fourth-order valence-corrected chi connectivity index (χ4v) is 3.43. The van der Waals surface area contributed by atoms with Crippen LogP contribution in [0.4, 0.5) is 17.6 Å². The van der Waals surface area contributed by atoms with Crippen LogP contribution in [0, 0.1) is 6.92 Å². The minimum Gasteiger partial charge on any atom is -0.368 e. The van der Waals surface area contributed by atoms with Crippen LogP contribution < -0.4 is 11.1 Å². The lowest BCUT2D eigenvalue weighted by atomic mass is 10.3. The molecule has 3 N–H and O–H groups in total. The number of halogens is 1. The number of rotatable bonds is 3. The lowest BCUT2D eigenvalue weighted by Gasteiger charge is -2.02. The highest BCUT2D eigenvalue weighted by Gasteiger charge is 2.15. The summed E-state index contributed by atoms with van der Waals surface area (Å²) in [5.74, 6) is 1.23. The molecule has 0 aliphatic heterocycles. The van der Waals surface area contributed by atoms with Crippen molar-refractivity contribution in [2.24, 2.45) is 0 Å². The molecule has 4 aromatic rings. The Kier molecular flexibility index (Phi) is 3.62. The van der Waals surface area contributed by atoms with Gasteiger partial charge in [-0.15, -0.1) is 16.4 Å². The monoisotopic (exact) mass is 402 g/mol. The van der Waals surface area contributed by atoms with E-state index in [4.69, 9.17) is 5.73 Å². The first-order valence-corrected chi connectivity index (χ1v) is 8.59. The van der Waals surface area contributed by atoms with Gasteiger partial charge in [-0.2, -0.15) is 9.67 Å². The molecule has 4 rings (SSSR count). The molecule has 0 saturated carbocycles. The quantitative estimate of drug-likeness (QED) is 0.506. The number of nitrogens with zero attached hydrogens (tertiary/aromatic N) is 6. The van der Waals surface area contributed by atoms with Crippen molar-refractivity contribution < 1.29 is 0 Å². The normalized spacial score (nSPS) is 11.1. The number of aromatic nitrogens is 6. The minimum atomic E-state index is 0.244. The summed E-state index contributed by atoms with van der Waals surface area (Å²) >= 11 is 4.85. The molecule has 0 amide bonds. The van der Waals surface area contributed by atoms with Gasteiger partial charge in [0.05, 0.1) is 22.1 Å². The van der Waals surface area contributed by atoms with E-state index in [1.54, 1.807) is 17.5 Å². The summed E-state index contributed by atoms with van der Waals surface area (Å²) in [6, 6.07) is 3.69. The average molecular weight is 403 g/mol. The molecule has 0 atom stereocenters. The van der Waals surface area contributed by atoms with Gasteiger partial charge in [-0.05, 0) is 45.9 Å². The van der Waals surface area contributed by atoms with Crippen LogP contribution in [0.1, 0.15) is 5.56 Å². The molecule has 0 saturated heterocycles. The Hall–Kier alpha value is -2.59. The Morgan fingerprint density at radius 1 is 1.25 bits per heavy atom. The SMILES string of the molecule is Cc1csc2c(-n3nc(Nc4ccc(Br)nc4)nc3N)ncnc12. The third-order valence-corrected chi connectivity index (χ3v) is 4.88. The first kappa shape index (κ1) is 15.0. The Bertz CT molecular complexity index is 1020. The predicted octanol–water partition coefficient (Wildman–Crippen LogP) is 3.06. The van der Waals surface area contributed by atoms with Gasteiger partial charge in [-0.25, -0.2) is 15.0 Å². The van der Waals surface area contributed by atoms with Gasteiger partial charge in [0, 0.05) is 0 Å². The molecule has 0 bridgehead atoms. The largest absolute Gasteiger partial charge is 0.368 e. The van der Waals surface area contributed by atoms with Crippen LogP contribution in [0.15, 0.2) is 34.6 Å². The zero-order valence-corrected chi connectivity index (χ0v) is 14.8. The lowest BCUT2D eigenvalue weighted by molar-refractivity contribution is 0.865. The van der Waals surface area contributed by atoms with E-state index in [2.05, 4.69) is 46.3 Å². The third-order valence-electron chi connectivity index (χ3n) is 3.33. The standard InChI is InChI=1S/C14H11BrN8S/c1-7-5-24-11-10(7)18-6-19-12(11)23-13(16)21-14(22-23)20-8-2-3-9(15)17-4-8/h2-6H,1H3,(H3,16,20,21,22). The number of hydrogen-bond donors (Lipinski definition) is 2. The van der Waals surface area contributed by atoms with E-state index < -0.39 is 0 Å². The zero-order valence-electron chi connectivity index (χ0n) is 12.4. The van der Waals surface area contributed by atoms with Gasteiger partial charge in [-0.3, -0.25) is 0 Å². The Labute approximate surface area is 148 Å². The molecule has 0 unspecified atom stereocenters. The second kappa shape index (κ2) is 5.80. The van der Waals surface area contributed by atoms with E-state index in [9.17, 15) is 0 Å². The highest BCUT2D eigenvalue weighted by molar-refractivity contribution is 9.10. The number of nitrogens with two attached hydrogens (primary N) is 1. The Morgan fingerprint density at radius 3 is 2.92 bits per heavy atom. The van der Waals surface area contributed by atoms with Crippen LogP contribution >= 0.6 is 27.3 Å². The lowest BCUT2D eigenvalue weighted by Crippen LogP contribution is -2.05. The van der Waals surface area contributed by atoms with Crippen molar-refractivity contribution in [1.29, 1.82) is 0 Å². The molecule has 0 aliphatic carbocycles. The van der Waals surface area contributed by atoms with Gasteiger partial charge in [0.2, 0.25) is 11.9 Å². The number of hydrogen-bond acceptors (Lipinski definition) is 8. The molecule has 0 radical (unpaired) electrons. The van der Waals surface area contributed by atoms with Gasteiger partial charge < -0.3 is 11.1 Å². The zero-order chi connectivity index (χ0) is 16.7. The van der Waals surface area contributed by atoms with Crippen LogP contribution in [-0.2, 0) is 0 Å². The van der Waals surface area contributed by atoms with Gasteiger partial charge in [0.25, 0.3) is 0 Å². The van der Waals surface area contributed by atoms with E-state index in [0.717, 1.165) is 26.1 Å². The third kappa shape index (κ3) is 2.59. The number of anilines is 3. The minimum absolute atomic E-state index is 0.244. The summed E-state index contributed by atoms with van der Waals surface area (Å²) in [7, 11) is 0. The van der Waals surface area contributed by atoms with Gasteiger partial charge in [0.15, 0.2) is 5.82 Å². The predicted molar refractivity (Wildman–Crippen MR) is 96.7 cm³/mol. The second-order valence-corrected chi connectivity index (χ2v) is 6.69. The summed E-state index contributed by atoms with van der Waals surface area (Å²) < 4.78 is 3.18. The van der Waals surface area contributed by atoms with Crippen molar-refractivity contribution in [3.63, 3.8) is 0 Å². The fraction of sp³-hybridized carbons (Fsp3) is 0.0714. The summed E-state index contributed by atoms with van der Waals surface area (Å²) in [4.78, 5) is 17.0. The molecule has 0 fully saturated rings. The molecule has 0 aliphatic rings. The van der Waals surface area contributed by atoms with E-state index >= 15 is 0 Å². The molecule has 0 aromatic carbocycles. The molecule has 10 heteroatoms. The summed E-state index contributed by atoms with van der Waals surface area (Å²) in [6.07, 6.45) is 3.18. The number of thiophene rings is 1. The number of aryl methyl sites for hydroxylation is 1. The van der Waals surface area contributed by atoms with Crippen molar-refractivity contribution >= 4 is 55.1 Å². The topological polar surface area (TPSA) is 107 Å². The van der Waals surface area contributed by atoms with Crippen molar-refractivity contribution in [2.45, 2.75) is 6.92 Å². The van der Waals surface area contributed by atoms with Gasteiger partial charge in [0.1, 0.15) is 10.9 Å². The maximum absolute atomic E-state index is 6.02. The van der Waals surface area contributed by atoms with Gasteiger partial charge in [-0.1, -0.05) is 0 Å². The number of nitrogen functional groups attached to an aromatic ring is 1. The summed E-state index contributed by atoms with van der Waals surface area (Å²) in [5, 5.41) is 9.50. The molecule has 120 valence electrons. The number of pyridine rings is 1. The fourth-order valence-electron chi connectivity index (χ4n) is 2.22. The highest BCUT2D eigenvalue weighted by atomic mass is 79.9. The molecular formula is C14H11BrN8S. The first-order valence-electron chi connectivity index (χ1n) is 6.92. The highest BCUT2D eigenvalue weighted by Crippen LogP contribution is 2.28. The first-order chi connectivity index (χ1) is 11.6. The van der Waals surface area contributed by atoms with E-state index in [1.165, 1.54) is 11.0 Å². The van der Waals surface area contributed by atoms with Crippen LogP contribution in [0.5, 0.6) is 0 Å². The average Bonchev–Trinajstić information content (AvgIpc) is 3.13. The van der Waals surface area contributed by atoms with Crippen LogP contribution in [-0.4, -0.2) is 29.7 Å². The molecule has 4 heterocycles. The van der Waals surface area contributed by atoms with Crippen LogP contribution in [0.25, 0.3) is 16.0 Å². The van der Waals surface area contributed by atoms with E-state index in [1.807, 2.05) is 24.4 Å². The molecule has 24 heavy (non-hydrogen) atoms. The smallest absolute Gasteiger partial charge is 0.248 e.